The summed E-state index contributed by atoms with van der Waals surface area (Å²) in [5.74, 6) is 0.00632. The number of amides is 1. The zero-order chi connectivity index (χ0) is 11.0. The second kappa shape index (κ2) is 7.76. The number of hydrogen-bond acceptors (Lipinski definition) is 3. The summed E-state index contributed by atoms with van der Waals surface area (Å²) in [6, 6.07) is 0. The van der Waals surface area contributed by atoms with Gasteiger partial charge in [-0.1, -0.05) is 13.8 Å². The predicted molar refractivity (Wildman–Crippen MR) is 57.3 cm³/mol. The molecule has 0 aromatic carbocycles. The van der Waals surface area contributed by atoms with Gasteiger partial charge in [-0.2, -0.15) is 0 Å². The van der Waals surface area contributed by atoms with Gasteiger partial charge in [0.25, 0.3) is 0 Å². The van der Waals surface area contributed by atoms with E-state index in [2.05, 4.69) is 17.3 Å². The minimum atomic E-state index is 0.00632. The van der Waals surface area contributed by atoms with Gasteiger partial charge >= 0.3 is 0 Å². The molecule has 1 saturated heterocycles. The number of carbonyl (C=O) groups excluding carboxylic acids is 1. The first kappa shape index (κ1) is 13.4. The maximum Gasteiger partial charge on any atom is 0.216 e. The third-order valence-corrected chi connectivity index (χ3v) is 1.92. The van der Waals surface area contributed by atoms with Crippen molar-refractivity contribution >= 4 is 5.91 Å². The van der Waals surface area contributed by atoms with E-state index in [-0.39, 0.29) is 12.0 Å². The van der Waals surface area contributed by atoms with Crippen LogP contribution < -0.4 is 5.32 Å². The second-order valence-corrected chi connectivity index (χ2v) is 3.19. The van der Waals surface area contributed by atoms with Gasteiger partial charge in [0.1, 0.15) is 0 Å². The Kier molecular flexibility index (Phi) is 7.42. The minimum Gasteiger partial charge on any atom is -0.374 e. The van der Waals surface area contributed by atoms with Crippen LogP contribution in [0, 0.1) is 0 Å². The van der Waals surface area contributed by atoms with Crippen molar-refractivity contribution in [2.75, 3.05) is 33.3 Å². The highest BCUT2D eigenvalue weighted by Crippen LogP contribution is 2.00. The zero-order valence-corrected chi connectivity index (χ0v) is 9.67. The Morgan fingerprint density at radius 1 is 1.57 bits per heavy atom. The smallest absolute Gasteiger partial charge is 0.216 e. The average molecular weight is 202 g/mol. The van der Waals surface area contributed by atoms with E-state index in [1.54, 1.807) is 0 Å². The van der Waals surface area contributed by atoms with Crippen LogP contribution in [0.4, 0.5) is 0 Å². The van der Waals surface area contributed by atoms with Crippen LogP contribution in [-0.2, 0) is 9.53 Å². The van der Waals surface area contributed by atoms with E-state index >= 15 is 0 Å². The van der Waals surface area contributed by atoms with Crippen molar-refractivity contribution in [1.29, 1.82) is 0 Å². The van der Waals surface area contributed by atoms with Gasteiger partial charge in [-0.25, -0.2) is 0 Å². The van der Waals surface area contributed by atoms with Crippen LogP contribution in [0.3, 0.4) is 0 Å². The van der Waals surface area contributed by atoms with Crippen molar-refractivity contribution in [3.05, 3.63) is 0 Å². The van der Waals surface area contributed by atoms with Crippen LogP contribution in [-0.4, -0.2) is 50.2 Å². The number of ether oxygens (including phenoxy) is 1. The van der Waals surface area contributed by atoms with Crippen molar-refractivity contribution in [3.8, 4) is 0 Å². The van der Waals surface area contributed by atoms with E-state index in [1.165, 1.54) is 6.92 Å². The summed E-state index contributed by atoms with van der Waals surface area (Å²) in [7, 11) is 2.06. The predicted octanol–water partition coefficient (Wildman–Crippen LogP) is 0.479. The molecule has 1 atom stereocenters. The molecule has 0 bridgehead atoms. The summed E-state index contributed by atoms with van der Waals surface area (Å²) in [6.45, 7) is 8.80. The molecule has 0 saturated carbocycles. The topological polar surface area (TPSA) is 41.6 Å². The van der Waals surface area contributed by atoms with Crippen molar-refractivity contribution in [2.45, 2.75) is 26.9 Å². The van der Waals surface area contributed by atoms with Crippen molar-refractivity contribution in [1.82, 2.24) is 10.2 Å². The lowest BCUT2D eigenvalue weighted by Crippen LogP contribution is -2.45. The molecule has 1 aliphatic rings. The molecule has 1 heterocycles. The maximum atomic E-state index is 10.6. The fourth-order valence-electron chi connectivity index (χ4n) is 1.25. The van der Waals surface area contributed by atoms with E-state index in [4.69, 9.17) is 4.74 Å². The van der Waals surface area contributed by atoms with Crippen molar-refractivity contribution in [3.63, 3.8) is 0 Å². The molecule has 0 spiro atoms. The number of carbonyl (C=O) groups is 1. The van der Waals surface area contributed by atoms with Crippen molar-refractivity contribution in [2.24, 2.45) is 0 Å². The standard InChI is InChI=1S/C8H16N2O2.C2H6/c1-7(11)9-5-8-6-10(2)3-4-12-8;1-2/h8H,3-6H2,1-2H3,(H,9,11);1-2H3. The number of nitrogens with zero attached hydrogens (tertiary/aromatic N) is 1. The van der Waals surface area contributed by atoms with Gasteiger partial charge in [0.15, 0.2) is 0 Å². The number of nitrogens with one attached hydrogen (secondary N) is 1. The van der Waals surface area contributed by atoms with Crippen LogP contribution in [0.15, 0.2) is 0 Å². The molecular formula is C10H22N2O2. The minimum absolute atomic E-state index is 0.00632. The Balaban J connectivity index is 0.000000791. The zero-order valence-electron chi connectivity index (χ0n) is 9.67. The molecule has 1 fully saturated rings. The molecule has 0 aromatic heterocycles. The first-order valence-corrected chi connectivity index (χ1v) is 5.23. The molecule has 1 unspecified atom stereocenters. The van der Waals surface area contributed by atoms with Crippen LogP contribution in [0.1, 0.15) is 20.8 Å². The third kappa shape index (κ3) is 5.94. The Morgan fingerprint density at radius 2 is 2.21 bits per heavy atom. The molecule has 1 rings (SSSR count). The average Bonchev–Trinajstić information content (AvgIpc) is 2.18. The van der Waals surface area contributed by atoms with Crippen LogP contribution in [0.2, 0.25) is 0 Å². The Bertz CT molecular complexity index is 162. The Morgan fingerprint density at radius 3 is 2.71 bits per heavy atom. The van der Waals surface area contributed by atoms with Crippen LogP contribution in [0.5, 0.6) is 0 Å². The van der Waals surface area contributed by atoms with Gasteiger partial charge in [-0.05, 0) is 7.05 Å². The summed E-state index contributed by atoms with van der Waals surface area (Å²) in [5, 5.41) is 2.75. The van der Waals surface area contributed by atoms with E-state index in [9.17, 15) is 4.79 Å². The van der Waals surface area contributed by atoms with Crippen LogP contribution in [0.25, 0.3) is 0 Å². The highest BCUT2D eigenvalue weighted by molar-refractivity contribution is 5.72. The quantitative estimate of drug-likeness (QED) is 0.708. The fraction of sp³-hybridized carbons (Fsp3) is 0.900. The molecule has 4 heteroatoms. The summed E-state index contributed by atoms with van der Waals surface area (Å²) < 4.78 is 5.44. The lowest BCUT2D eigenvalue weighted by Gasteiger charge is -2.29. The van der Waals surface area contributed by atoms with Gasteiger partial charge in [0.2, 0.25) is 5.91 Å². The SMILES string of the molecule is CC.CC(=O)NCC1CN(C)CCO1. The normalized spacial score (nSPS) is 22.1. The molecule has 1 aliphatic heterocycles. The van der Waals surface area contributed by atoms with Gasteiger partial charge < -0.3 is 15.0 Å². The highest BCUT2D eigenvalue weighted by atomic mass is 16.5. The summed E-state index contributed by atoms with van der Waals surface area (Å²) in [4.78, 5) is 12.8. The summed E-state index contributed by atoms with van der Waals surface area (Å²) in [5.41, 5.74) is 0. The van der Waals surface area contributed by atoms with E-state index < -0.39 is 0 Å². The Labute approximate surface area is 86.6 Å². The molecular weight excluding hydrogens is 180 g/mol. The molecule has 14 heavy (non-hydrogen) atoms. The molecule has 1 N–H and O–H groups in total. The molecule has 0 aromatic rings. The molecule has 0 aliphatic carbocycles. The van der Waals surface area contributed by atoms with E-state index in [0.717, 1.165) is 19.7 Å². The van der Waals surface area contributed by atoms with Crippen molar-refractivity contribution < 1.29 is 9.53 Å². The number of hydrogen-bond donors (Lipinski definition) is 1. The summed E-state index contributed by atoms with van der Waals surface area (Å²) in [6.07, 6.45) is 0.160. The highest BCUT2D eigenvalue weighted by Gasteiger charge is 2.17. The number of morpholine rings is 1. The van der Waals surface area contributed by atoms with E-state index in [1.807, 2.05) is 13.8 Å². The molecule has 0 radical (unpaired) electrons. The first-order chi connectivity index (χ1) is 6.68. The lowest BCUT2D eigenvalue weighted by atomic mass is 10.3. The van der Waals surface area contributed by atoms with Gasteiger partial charge in [-0.15, -0.1) is 0 Å². The molecule has 4 nitrogen and oxygen atoms in total. The number of rotatable bonds is 2. The van der Waals surface area contributed by atoms with Crippen LogP contribution >= 0.6 is 0 Å². The monoisotopic (exact) mass is 202 g/mol. The Hall–Kier alpha value is -0.610. The van der Waals surface area contributed by atoms with E-state index in [0.29, 0.717) is 6.54 Å². The number of likely N-dealkylation sites (N-methyl/N-ethyl adjacent to an activating group) is 1. The second-order valence-electron chi connectivity index (χ2n) is 3.19. The molecule has 1 amide bonds. The lowest BCUT2D eigenvalue weighted by molar-refractivity contribution is -0.120. The van der Waals surface area contributed by atoms with Gasteiger partial charge in [0, 0.05) is 26.6 Å². The fourth-order valence-corrected chi connectivity index (χ4v) is 1.25. The summed E-state index contributed by atoms with van der Waals surface area (Å²) >= 11 is 0. The van der Waals surface area contributed by atoms with Gasteiger partial charge in [0.05, 0.1) is 12.7 Å². The third-order valence-electron chi connectivity index (χ3n) is 1.92. The maximum absolute atomic E-state index is 10.6. The largest absolute Gasteiger partial charge is 0.374 e. The molecule has 84 valence electrons. The first-order valence-electron chi connectivity index (χ1n) is 5.23. The van der Waals surface area contributed by atoms with Gasteiger partial charge in [-0.3, -0.25) is 4.79 Å².